The van der Waals surface area contributed by atoms with Gasteiger partial charge in [0, 0.05) is 44.6 Å². The van der Waals surface area contributed by atoms with Gasteiger partial charge in [-0.15, -0.1) is 0 Å². The zero-order chi connectivity index (χ0) is 17.7. The van der Waals surface area contributed by atoms with Gasteiger partial charge in [0.25, 0.3) is 0 Å². The van der Waals surface area contributed by atoms with Gasteiger partial charge in [-0.25, -0.2) is 4.79 Å². The van der Waals surface area contributed by atoms with Crippen LogP contribution < -0.4 is 5.32 Å². The summed E-state index contributed by atoms with van der Waals surface area (Å²) in [7, 11) is 0. The minimum Gasteiger partial charge on any atom is -0.389 e. The monoisotopic (exact) mass is 334 g/mol. The van der Waals surface area contributed by atoms with E-state index in [0.717, 1.165) is 18.5 Å². The average molecular weight is 334 g/mol. The van der Waals surface area contributed by atoms with Crippen LogP contribution in [0.5, 0.6) is 0 Å². The molecular weight excluding hydrogens is 304 g/mol. The Morgan fingerprint density at radius 3 is 2.62 bits per heavy atom. The number of hydrogen-bond donors (Lipinski definition) is 2. The van der Waals surface area contributed by atoms with E-state index in [9.17, 15) is 9.90 Å². The lowest BCUT2D eigenvalue weighted by Gasteiger charge is -2.42. The van der Waals surface area contributed by atoms with Crippen molar-refractivity contribution in [2.24, 2.45) is 0 Å². The number of aliphatic hydroxyl groups is 1. The first-order valence-corrected chi connectivity index (χ1v) is 8.72. The van der Waals surface area contributed by atoms with E-state index in [1.54, 1.807) is 12.4 Å². The molecule has 1 saturated heterocycles. The molecule has 24 heavy (non-hydrogen) atoms. The molecule has 6 nitrogen and oxygen atoms in total. The van der Waals surface area contributed by atoms with Gasteiger partial charge >= 0.3 is 6.03 Å². The van der Waals surface area contributed by atoms with E-state index in [1.807, 2.05) is 30.9 Å². The second kappa shape index (κ2) is 7.94. The summed E-state index contributed by atoms with van der Waals surface area (Å²) >= 11 is 0. The number of β-amino-alcohol motifs (C(OH)–C–C–N with tert-alkyl or cyclic N) is 1. The molecule has 0 saturated carbocycles. The molecule has 2 N–H and O–H groups in total. The molecule has 2 atom stereocenters. The fourth-order valence-electron chi connectivity index (χ4n) is 3.17. The Kier molecular flexibility index (Phi) is 6.18. The molecule has 134 valence electrons. The summed E-state index contributed by atoms with van der Waals surface area (Å²) in [6.07, 6.45) is 4.34. The number of amides is 2. The number of carbonyl (C=O) groups excluding carboxylic acids is 1. The number of nitrogens with zero attached hydrogens (tertiary/aromatic N) is 3. The third-order valence-electron chi connectivity index (χ3n) is 4.46. The van der Waals surface area contributed by atoms with Gasteiger partial charge in [-0.3, -0.25) is 9.88 Å². The molecule has 0 aromatic carbocycles. The van der Waals surface area contributed by atoms with Crippen molar-refractivity contribution in [1.29, 1.82) is 0 Å². The molecule has 1 aliphatic rings. The Balaban J connectivity index is 1.92. The van der Waals surface area contributed by atoms with Crippen LogP contribution in [0, 0.1) is 0 Å². The SMILES string of the molecule is CC[C@@H](NC(=O)N1CCN(CC(C)(C)O)[C@@H](C)C1)c1ccncc1. The highest BCUT2D eigenvalue weighted by Gasteiger charge is 2.30. The number of pyridine rings is 1. The number of hydrogen-bond acceptors (Lipinski definition) is 4. The van der Waals surface area contributed by atoms with Gasteiger partial charge in [0.1, 0.15) is 0 Å². The van der Waals surface area contributed by atoms with E-state index in [4.69, 9.17) is 0 Å². The van der Waals surface area contributed by atoms with Crippen molar-refractivity contribution in [3.63, 3.8) is 0 Å². The van der Waals surface area contributed by atoms with Crippen LogP contribution >= 0.6 is 0 Å². The quantitative estimate of drug-likeness (QED) is 0.864. The van der Waals surface area contributed by atoms with E-state index >= 15 is 0 Å². The number of nitrogens with one attached hydrogen (secondary N) is 1. The predicted octanol–water partition coefficient (Wildman–Crippen LogP) is 2.02. The molecular formula is C18H30N4O2. The molecule has 2 heterocycles. The molecule has 0 unspecified atom stereocenters. The van der Waals surface area contributed by atoms with Crippen LogP contribution in [0.2, 0.25) is 0 Å². The van der Waals surface area contributed by atoms with E-state index in [2.05, 4.69) is 29.0 Å². The molecule has 6 heteroatoms. The Morgan fingerprint density at radius 1 is 1.42 bits per heavy atom. The van der Waals surface area contributed by atoms with Crippen LogP contribution in [-0.2, 0) is 0 Å². The number of carbonyl (C=O) groups is 1. The number of urea groups is 1. The predicted molar refractivity (Wildman–Crippen MR) is 94.7 cm³/mol. The number of piperazine rings is 1. The van der Waals surface area contributed by atoms with Crippen molar-refractivity contribution in [2.75, 3.05) is 26.2 Å². The fraction of sp³-hybridized carbons (Fsp3) is 0.667. The van der Waals surface area contributed by atoms with E-state index in [1.165, 1.54) is 0 Å². The van der Waals surface area contributed by atoms with Crippen molar-refractivity contribution in [1.82, 2.24) is 20.1 Å². The molecule has 2 amide bonds. The van der Waals surface area contributed by atoms with Crippen LogP contribution in [0.1, 0.15) is 45.7 Å². The second-order valence-electron chi connectivity index (χ2n) is 7.27. The number of aromatic nitrogens is 1. The summed E-state index contributed by atoms with van der Waals surface area (Å²) in [6, 6.07) is 4.10. The summed E-state index contributed by atoms with van der Waals surface area (Å²) in [5.41, 5.74) is 0.363. The summed E-state index contributed by atoms with van der Waals surface area (Å²) < 4.78 is 0. The van der Waals surface area contributed by atoms with Gasteiger partial charge in [0.15, 0.2) is 0 Å². The van der Waals surface area contributed by atoms with Gasteiger partial charge in [0.05, 0.1) is 11.6 Å². The highest BCUT2D eigenvalue weighted by atomic mass is 16.3. The Morgan fingerprint density at radius 2 is 2.08 bits per heavy atom. The highest BCUT2D eigenvalue weighted by Crippen LogP contribution is 2.18. The van der Waals surface area contributed by atoms with Crippen LogP contribution in [0.4, 0.5) is 4.79 Å². The summed E-state index contributed by atoms with van der Waals surface area (Å²) in [4.78, 5) is 20.7. The first-order valence-electron chi connectivity index (χ1n) is 8.72. The first-order chi connectivity index (χ1) is 11.3. The van der Waals surface area contributed by atoms with Crippen molar-refractivity contribution in [3.05, 3.63) is 30.1 Å². The van der Waals surface area contributed by atoms with E-state index < -0.39 is 5.60 Å². The highest BCUT2D eigenvalue weighted by molar-refractivity contribution is 5.75. The molecule has 1 aliphatic heterocycles. The lowest BCUT2D eigenvalue weighted by molar-refractivity contribution is 0.00275. The fourth-order valence-corrected chi connectivity index (χ4v) is 3.17. The minimum atomic E-state index is -0.715. The third kappa shape index (κ3) is 5.18. The molecule has 2 rings (SSSR count). The smallest absolute Gasteiger partial charge is 0.317 e. The van der Waals surface area contributed by atoms with Gasteiger partial charge in [-0.2, -0.15) is 0 Å². The van der Waals surface area contributed by atoms with Gasteiger partial charge < -0.3 is 15.3 Å². The Bertz CT molecular complexity index is 530. The second-order valence-corrected chi connectivity index (χ2v) is 7.27. The Hall–Kier alpha value is -1.66. The molecule has 1 aromatic rings. The van der Waals surface area contributed by atoms with Crippen LogP contribution in [0.25, 0.3) is 0 Å². The standard InChI is InChI=1S/C18H30N4O2/c1-5-16(15-6-8-19-9-7-15)20-17(23)21-10-11-22(14(2)12-21)13-18(3,4)24/h6-9,14,16,24H,5,10-13H2,1-4H3,(H,20,23)/t14-,16+/m0/s1. The third-order valence-corrected chi connectivity index (χ3v) is 4.46. The molecule has 0 bridgehead atoms. The molecule has 0 aliphatic carbocycles. The zero-order valence-corrected chi connectivity index (χ0v) is 15.2. The van der Waals surface area contributed by atoms with Crippen LogP contribution in [-0.4, -0.2) is 63.7 Å². The minimum absolute atomic E-state index is 0.00482. The summed E-state index contributed by atoms with van der Waals surface area (Å²) in [6.45, 7) is 10.6. The normalized spacial score (nSPS) is 20.7. The van der Waals surface area contributed by atoms with Gasteiger partial charge in [0.2, 0.25) is 0 Å². The van der Waals surface area contributed by atoms with Crippen LogP contribution in [0.15, 0.2) is 24.5 Å². The molecule has 0 radical (unpaired) electrons. The van der Waals surface area contributed by atoms with Crippen molar-refractivity contribution < 1.29 is 9.90 Å². The maximum atomic E-state index is 12.6. The molecule has 1 aromatic heterocycles. The topological polar surface area (TPSA) is 68.7 Å². The van der Waals surface area contributed by atoms with E-state index in [0.29, 0.717) is 19.6 Å². The maximum absolute atomic E-state index is 12.6. The first kappa shape index (κ1) is 18.7. The average Bonchev–Trinajstić information content (AvgIpc) is 2.54. The van der Waals surface area contributed by atoms with Crippen LogP contribution in [0.3, 0.4) is 0 Å². The largest absolute Gasteiger partial charge is 0.389 e. The maximum Gasteiger partial charge on any atom is 0.317 e. The number of rotatable bonds is 5. The van der Waals surface area contributed by atoms with Gasteiger partial charge in [-0.05, 0) is 44.9 Å². The van der Waals surface area contributed by atoms with E-state index in [-0.39, 0.29) is 18.1 Å². The Labute approximate surface area is 144 Å². The van der Waals surface area contributed by atoms with Crippen molar-refractivity contribution in [2.45, 2.75) is 51.8 Å². The molecule has 1 fully saturated rings. The lowest BCUT2D eigenvalue weighted by Crippen LogP contribution is -2.58. The summed E-state index contributed by atoms with van der Waals surface area (Å²) in [5, 5.41) is 13.1. The van der Waals surface area contributed by atoms with Gasteiger partial charge in [-0.1, -0.05) is 6.92 Å². The zero-order valence-electron chi connectivity index (χ0n) is 15.2. The van der Waals surface area contributed by atoms with Crippen molar-refractivity contribution in [3.8, 4) is 0 Å². The molecule has 0 spiro atoms. The van der Waals surface area contributed by atoms with Crippen molar-refractivity contribution >= 4 is 6.03 Å². The summed E-state index contributed by atoms with van der Waals surface area (Å²) in [5.74, 6) is 0. The lowest BCUT2D eigenvalue weighted by atomic mass is 10.1.